The van der Waals surface area contributed by atoms with Crippen LogP contribution < -0.4 is 37.2 Å². The highest BCUT2D eigenvalue weighted by molar-refractivity contribution is 5.79. The van der Waals surface area contributed by atoms with Crippen LogP contribution in [-0.2, 0) is 178 Å². The molecule has 3 fully saturated rings. The Balaban J connectivity index is 1.42. The van der Waals surface area contributed by atoms with E-state index in [9.17, 15) is 81.5 Å². The van der Waals surface area contributed by atoms with Crippen LogP contribution in [0.25, 0.3) is 0 Å². The Kier molecular flexibility index (Phi) is 55.1. The highest BCUT2D eigenvalue weighted by Gasteiger charge is 2.52. The van der Waals surface area contributed by atoms with E-state index in [2.05, 4.69) is 37.2 Å². The van der Waals surface area contributed by atoms with Gasteiger partial charge in [-0.15, -0.1) is 0 Å². The van der Waals surface area contributed by atoms with E-state index in [4.69, 9.17) is 90.0 Å². The van der Waals surface area contributed by atoms with Gasteiger partial charge in [0.1, 0.15) is 48.6 Å². The molecule has 131 heavy (non-hydrogen) atoms. The molecule has 4 rings (SSSR count). The lowest BCUT2D eigenvalue weighted by atomic mass is 9.95. The first kappa shape index (κ1) is 113. The summed E-state index contributed by atoms with van der Waals surface area (Å²) in [4.78, 5) is 214. The molecule has 15 atom stereocenters. The van der Waals surface area contributed by atoms with E-state index < -0.39 is 180 Å². The minimum atomic E-state index is -1.53. The summed E-state index contributed by atoms with van der Waals surface area (Å²) in [6, 6.07) is 5.58. The Hall–Kier alpha value is -10.2. The third kappa shape index (κ3) is 48.7. The van der Waals surface area contributed by atoms with Gasteiger partial charge in [-0.05, 0) is 50.5 Å². The lowest BCUT2D eigenvalue weighted by molar-refractivity contribution is -0.185. The number of benzene rings is 1. The van der Waals surface area contributed by atoms with Gasteiger partial charge in [-0.2, -0.15) is 0 Å². The van der Waals surface area contributed by atoms with Crippen LogP contribution in [0.1, 0.15) is 204 Å². The normalized spacial score (nSPS) is 21.8. The quantitative estimate of drug-likeness (QED) is 0.0280. The average molecular weight is 1870 g/mol. The Bertz CT molecular complexity index is 3430. The van der Waals surface area contributed by atoms with E-state index in [1.54, 1.807) is 24.3 Å². The smallest absolute Gasteiger partial charge is 0.306 e. The minimum Gasteiger partial charge on any atom is -0.465 e. The predicted octanol–water partition coefficient (Wildman–Crippen LogP) is 2.77. The molecule has 7 amide bonds. The number of hydrogen-bond donors (Lipinski definition) is 7. The Labute approximate surface area is 763 Å². The number of hydrogen-bond acceptors (Lipinski definition) is 36. The van der Waals surface area contributed by atoms with Crippen LogP contribution in [0.5, 0.6) is 0 Å². The fourth-order valence-electron chi connectivity index (χ4n) is 14.3. The first-order chi connectivity index (χ1) is 62.4. The van der Waals surface area contributed by atoms with Crippen LogP contribution in [0.15, 0.2) is 30.3 Å². The largest absolute Gasteiger partial charge is 0.465 e. The van der Waals surface area contributed by atoms with Gasteiger partial charge in [0.25, 0.3) is 0 Å². The number of rotatable bonds is 61. The molecule has 0 aliphatic carbocycles. The number of carbonyl (C=O) groups excluding carboxylic acids is 17. The molecule has 43 heteroatoms. The number of nitrogens with one attached hydrogen (secondary N) is 7. The van der Waals surface area contributed by atoms with E-state index in [-0.39, 0.29) is 182 Å². The predicted molar refractivity (Wildman–Crippen MR) is 455 cm³/mol. The van der Waals surface area contributed by atoms with Gasteiger partial charge in [0, 0.05) is 155 Å². The van der Waals surface area contributed by atoms with Crippen LogP contribution in [0.4, 0.5) is 0 Å². The molecule has 1 aromatic rings. The van der Waals surface area contributed by atoms with E-state index >= 15 is 0 Å². The summed E-state index contributed by atoms with van der Waals surface area (Å²) in [7, 11) is 0. The monoisotopic (exact) mass is 1870 g/mol. The molecule has 0 radical (unpaired) electrons. The van der Waals surface area contributed by atoms with Crippen molar-refractivity contribution in [1.82, 2.24) is 37.2 Å². The topological polar surface area (TPSA) is 550 Å². The Morgan fingerprint density at radius 3 is 0.908 bits per heavy atom. The fourth-order valence-corrected chi connectivity index (χ4v) is 14.3. The molecule has 0 unspecified atom stereocenters. The maximum Gasteiger partial charge on any atom is 0.306 e. The fraction of sp³-hybridized carbons (Fsp3) is 0.739. The molecule has 43 nitrogen and oxygen atoms in total. The molecular formula is C88H137N7O36. The van der Waals surface area contributed by atoms with Gasteiger partial charge in [0.05, 0.1) is 97.0 Å². The van der Waals surface area contributed by atoms with E-state index in [0.29, 0.717) is 77.0 Å². The number of amides is 7. The van der Waals surface area contributed by atoms with Gasteiger partial charge < -0.3 is 127 Å². The first-order valence-electron chi connectivity index (χ1n) is 44.4. The second-order valence-corrected chi connectivity index (χ2v) is 32.1. The molecule has 740 valence electrons. The summed E-state index contributed by atoms with van der Waals surface area (Å²) >= 11 is 0. The highest BCUT2D eigenvalue weighted by atomic mass is 16.7. The molecule has 0 aromatic heterocycles. The van der Waals surface area contributed by atoms with Crippen molar-refractivity contribution in [2.75, 3.05) is 119 Å². The number of ether oxygens (including phenoxy) is 19. The second kappa shape index (κ2) is 63.8. The van der Waals surface area contributed by atoms with Gasteiger partial charge in [-0.1, -0.05) is 68.9 Å². The lowest BCUT2D eigenvalue weighted by Gasteiger charge is -2.34. The molecule has 7 N–H and O–H groups in total. The highest BCUT2D eigenvalue weighted by Crippen LogP contribution is 2.32. The zero-order valence-corrected chi connectivity index (χ0v) is 77.4. The van der Waals surface area contributed by atoms with Crippen molar-refractivity contribution in [1.29, 1.82) is 0 Å². The summed E-state index contributed by atoms with van der Waals surface area (Å²) in [5.74, 6) is -12.5. The molecule has 1 aromatic carbocycles. The van der Waals surface area contributed by atoms with Gasteiger partial charge in [-0.25, -0.2) is 0 Å². The van der Waals surface area contributed by atoms with Gasteiger partial charge in [-0.3, -0.25) is 81.5 Å². The summed E-state index contributed by atoms with van der Waals surface area (Å²) < 4.78 is 110. The maximum absolute atomic E-state index is 14.1. The van der Waals surface area contributed by atoms with Crippen molar-refractivity contribution < 1.29 is 172 Å². The van der Waals surface area contributed by atoms with Crippen LogP contribution in [0.3, 0.4) is 0 Å². The number of unbranched alkanes of at least 4 members (excludes halogenated alkanes) is 9. The molecule has 0 spiro atoms. The van der Waals surface area contributed by atoms with Crippen LogP contribution in [0, 0.1) is 17.8 Å². The molecular weight excluding hydrogens is 1730 g/mol. The third-order valence-electron chi connectivity index (χ3n) is 20.2. The molecule has 3 aliphatic heterocycles. The van der Waals surface area contributed by atoms with E-state index in [0.717, 1.165) is 47.1 Å². The maximum atomic E-state index is 14.1. The van der Waals surface area contributed by atoms with Crippen LogP contribution in [-0.4, -0.2) is 299 Å². The number of carbonyl (C=O) groups is 17. The molecule has 0 saturated carbocycles. The summed E-state index contributed by atoms with van der Waals surface area (Å²) in [5.41, 5.74) is -0.764. The van der Waals surface area contributed by atoms with Crippen molar-refractivity contribution in [2.45, 2.75) is 284 Å². The molecule has 3 heterocycles. The third-order valence-corrected chi connectivity index (χ3v) is 20.2. The summed E-state index contributed by atoms with van der Waals surface area (Å²) in [6.45, 7) is 12.6. The van der Waals surface area contributed by atoms with Crippen molar-refractivity contribution in [2.24, 2.45) is 17.8 Å². The lowest BCUT2D eigenvalue weighted by Crippen LogP contribution is -2.58. The number of esters is 10. The SMILES string of the molecule is CC(=O)N[C@H]1[C@H](OCCCCCCNC(=O)CCOCC(COCCC(=O)NCCCCCCO[C@@H]2OC[C@H](COC(C)=O)[C@@H](OC(C)=O)[C@H](OC(C)=O)[C@H]2NC(C)=O)(COCCC(=O)NCCCCCCO[C@@H]2OC[C@H](COC(C)=O)[C@@H](OC(C)=O)[C@H](OC(C)=O)[C@H]2NC(C)=O)NC(=O)CCCC(=O)OCc2ccccc2)OC[C@H](COC(C)=O)[C@@H](OC(C)=O)[C@@H]1OC(C)=O. The molecule has 0 bridgehead atoms. The first-order valence-corrected chi connectivity index (χ1v) is 44.4. The summed E-state index contributed by atoms with van der Waals surface area (Å²) in [5, 5.41) is 19.7. The van der Waals surface area contributed by atoms with Gasteiger partial charge in [0.2, 0.25) is 41.4 Å². The van der Waals surface area contributed by atoms with Crippen LogP contribution in [0.2, 0.25) is 0 Å². The second-order valence-electron chi connectivity index (χ2n) is 32.1. The molecule has 3 saturated heterocycles. The Morgan fingerprint density at radius 1 is 0.321 bits per heavy atom. The van der Waals surface area contributed by atoms with Crippen molar-refractivity contribution in [3.8, 4) is 0 Å². The van der Waals surface area contributed by atoms with Crippen molar-refractivity contribution >= 4 is 101 Å². The van der Waals surface area contributed by atoms with Gasteiger partial charge in [0.15, 0.2) is 37.2 Å². The average Bonchev–Trinajstić information content (AvgIpc) is 1.70. The van der Waals surface area contributed by atoms with E-state index in [1.807, 2.05) is 6.07 Å². The zero-order valence-electron chi connectivity index (χ0n) is 77.4. The molecule has 3 aliphatic rings. The standard InChI is InChI=1S/C88H137N7O36/c1-55(96)92-76-82(129-64(10)105)79(126-61(7)102)68(46-119-58(4)99)49-123-85(76)116-39-25-16-13-22-36-89-71(108)33-42-113-52-88(95-74(111)31-28-32-75(112)122-45-67-29-20-19-21-30-67,53-114-43-34-72(109)90-37-23-14-17-26-40-117-86-77(93-56(2)97)83(130-65(11)106)80(127-62(8)103)69(50-124-86)47-120-59(5)100)54-115-44-35-73(110)91-38-24-15-18-27-41-118-87-78(94-57(3)98)84(131-66(12)107)81(128-63(9)104)70(51-125-87)48-121-60(6)101/h19-21,29-30,68-70,76-87H,13-18,22-28,31-54H2,1-12H3,(H,89,108)(H,90,109)(H,91,110)(H,92,96)(H,93,97)(H,94,98)(H,95,111)/t68-,69-,70-,76+,77+,78+,79+,80+,81+,82+,83+,84+,85+,86+,87+/m0/s1. The van der Waals surface area contributed by atoms with E-state index in [1.165, 1.54) is 41.5 Å². The van der Waals surface area contributed by atoms with Crippen molar-refractivity contribution in [3.63, 3.8) is 0 Å². The Morgan fingerprint density at radius 2 is 0.618 bits per heavy atom. The van der Waals surface area contributed by atoms with Crippen molar-refractivity contribution in [3.05, 3.63) is 35.9 Å². The minimum absolute atomic E-state index is 0.0218. The summed E-state index contributed by atoms with van der Waals surface area (Å²) in [6.07, 6.45) is -4.87. The van der Waals surface area contributed by atoms with Gasteiger partial charge >= 0.3 is 59.7 Å². The zero-order chi connectivity index (χ0) is 96.6. The van der Waals surface area contributed by atoms with Crippen LogP contribution >= 0.6 is 0 Å².